The number of aromatic nitrogens is 2. The zero-order chi connectivity index (χ0) is 26.5. The maximum absolute atomic E-state index is 13.2. The molecule has 5 rings (SSSR count). The first kappa shape index (κ1) is 25.5. The van der Waals surface area contributed by atoms with E-state index in [1.165, 1.54) is 0 Å². The highest BCUT2D eigenvalue weighted by molar-refractivity contribution is 5.96. The molecule has 2 fully saturated rings. The van der Waals surface area contributed by atoms with Crippen LogP contribution < -0.4 is 14.4 Å². The van der Waals surface area contributed by atoms with Gasteiger partial charge in [-0.3, -0.25) is 9.59 Å². The summed E-state index contributed by atoms with van der Waals surface area (Å²) < 4.78 is 10.8. The van der Waals surface area contributed by atoms with Crippen LogP contribution in [0.3, 0.4) is 0 Å². The standard InChI is InChI=1S/C29H33N5O4/c1-37-23-10-11-24(26(18-23)38-2)25-12-13-27(31-30-25)32-14-16-33(17-15-32)28(35)20-34(19-21-8-9-21)29(36)22-6-4-3-5-7-22/h3-7,10-13,18,21H,8-9,14-17,19-20H2,1-2H3. The molecule has 38 heavy (non-hydrogen) atoms. The van der Waals surface area contributed by atoms with Crippen molar-refractivity contribution in [2.24, 2.45) is 5.92 Å². The summed E-state index contributed by atoms with van der Waals surface area (Å²) in [4.78, 5) is 31.9. The van der Waals surface area contributed by atoms with E-state index in [0.717, 1.165) is 24.2 Å². The number of rotatable bonds is 9. The molecule has 0 unspecified atom stereocenters. The molecule has 1 aliphatic heterocycles. The lowest BCUT2D eigenvalue weighted by Crippen LogP contribution is -2.52. The van der Waals surface area contributed by atoms with Crippen LogP contribution in [-0.4, -0.2) is 85.3 Å². The fourth-order valence-corrected chi connectivity index (χ4v) is 4.69. The summed E-state index contributed by atoms with van der Waals surface area (Å²) in [6.45, 7) is 3.21. The Morgan fingerprint density at radius 2 is 1.68 bits per heavy atom. The minimum Gasteiger partial charge on any atom is -0.497 e. The Morgan fingerprint density at radius 3 is 2.32 bits per heavy atom. The lowest BCUT2D eigenvalue weighted by atomic mass is 10.1. The van der Waals surface area contributed by atoms with Gasteiger partial charge in [-0.2, -0.15) is 0 Å². The first-order chi connectivity index (χ1) is 18.6. The molecule has 198 valence electrons. The molecule has 1 aromatic heterocycles. The molecule has 0 atom stereocenters. The van der Waals surface area contributed by atoms with E-state index >= 15 is 0 Å². The first-order valence-electron chi connectivity index (χ1n) is 13.0. The molecule has 2 aromatic carbocycles. The van der Waals surface area contributed by atoms with Gasteiger partial charge in [-0.05, 0) is 55.2 Å². The second kappa shape index (κ2) is 11.5. The van der Waals surface area contributed by atoms with E-state index in [1.807, 2.05) is 65.6 Å². The third-order valence-electron chi connectivity index (χ3n) is 7.10. The Kier molecular flexibility index (Phi) is 7.72. The number of piperazine rings is 1. The van der Waals surface area contributed by atoms with Gasteiger partial charge in [-0.15, -0.1) is 10.2 Å². The van der Waals surface area contributed by atoms with Gasteiger partial charge in [0, 0.05) is 49.9 Å². The van der Waals surface area contributed by atoms with Crippen LogP contribution >= 0.6 is 0 Å². The molecule has 3 aromatic rings. The maximum Gasteiger partial charge on any atom is 0.254 e. The average Bonchev–Trinajstić information content (AvgIpc) is 3.81. The van der Waals surface area contributed by atoms with Crippen LogP contribution in [0.4, 0.5) is 5.82 Å². The fourth-order valence-electron chi connectivity index (χ4n) is 4.69. The largest absolute Gasteiger partial charge is 0.497 e. The number of ether oxygens (including phenoxy) is 2. The first-order valence-corrected chi connectivity index (χ1v) is 13.0. The maximum atomic E-state index is 13.2. The number of nitrogens with zero attached hydrogens (tertiary/aromatic N) is 5. The van der Waals surface area contributed by atoms with Gasteiger partial charge in [-0.1, -0.05) is 18.2 Å². The topological polar surface area (TPSA) is 88.1 Å². The van der Waals surface area contributed by atoms with E-state index < -0.39 is 0 Å². The van der Waals surface area contributed by atoms with Gasteiger partial charge < -0.3 is 24.2 Å². The van der Waals surface area contributed by atoms with Crippen LogP contribution in [-0.2, 0) is 4.79 Å². The second-order valence-corrected chi connectivity index (χ2v) is 9.71. The highest BCUT2D eigenvalue weighted by Crippen LogP contribution is 2.32. The van der Waals surface area contributed by atoms with Gasteiger partial charge in [0.15, 0.2) is 5.82 Å². The monoisotopic (exact) mass is 515 g/mol. The number of hydrogen-bond acceptors (Lipinski definition) is 7. The van der Waals surface area contributed by atoms with Gasteiger partial charge in [0.2, 0.25) is 5.91 Å². The minimum atomic E-state index is -0.0756. The molecular formula is C29H33N5O4. The van der Waals surface area contributed by atoms with Crippen molar-refractivity contribution in [2.75, 3.05) is 58.4 Å². The summed E-state index contributed by atoms with van der Waals surface area (Å²) in [5, 5.41) is 8.87. The summed E-state index contributed by atoms with van der Waals surface area (Å²) in [5.41, 5.74) is 2.17. The van der Waals surface area contributed by atoms with Crippen LogP contribution in [0, 0.1) is 5.92 Å². The van der Waals surface area contributed by atoms with Gasteiger partial charge >= 0.3 is 0 Å². The Morgan fingerprint density at radius 1 is 0.921 bits per heavy atom. The molecule has 2 amide bonds. The molecule has 0 N–H and O–H groups in total. The predicted molar refractivity (Wildman–Crippen MR) is 144 cm³/mol. The molecule has 0 radical (unpaired) electrons. The molecule has 1 saturated heterocycles. The smallest absolute Gasteiger partial charge is 0.254 e. The SMILES string of the molecule is COc1ccc(-c2ccc(N3CCN(C(=O)CN(CC4CC4)C(=O)c4ccccc4)CC3)nn2)c(OC)c1. The predicted octanol–water partition coefficient (Wildman–Crippen LogP) is 3.36. The zero-order valence-corrected chi connectivity index (χ0v) is 21.9. The summed E-state index contributed by atoms with van der Waals surface area (Å²) in [6.07, 6.45) is 2.24. The molecule has 2 aliphatic rings. The van der Waals surface area contributed by atoms with Crippen molar-refractivity contribution in [3.63, 3.8) is 0 Å². The molecular weight excluding hydrogens is 482 g/mol. The third kappa shape index (κ3) is 5.88. The van der Waals surface area contributed by atoms with Crippen molar-refractivity contribution in [1.29, 1.82) is 0 Å². The van der Waals surface area contributed by atoms with Crippen molar-refractivity contribution >= 4 is 17.6 Å². The quantitative estimate of drug-likeness (QED) is 0.432. The second-order valence-electron chi connectivity index (χ2n) is 9.71. The van der Waals surface area contributed by atoms with Crippen molar-refractivity contribution in [2.45, 2.75) is 12.8 Å². The average molecular weight is 516 g/mol. The molecule has 0 bridgehead atoms. The van der Waals surface area contributed by atoms with Gasteiger partial charge in [-0.25, -0.2) is 0 Å². The van der Waals surface area contributed by atoms with E-state index in [1.54, 1.807) is 19.1 Å². The fraction of sp³-hybridized carbons (Fsp3) is 0.379. The summed E-state index contributed by atoms with van der Waals surface area (Å²) in [6, 6.07) is 18.7. The number of hydrogen-bond donors (Lipinski definition) is 0. The van der Waals surface area contributed by atoms with Gasteiger partial charge in [0.25, 0.3) is 5.91 Å². The molecule has 9 heteroatoms. The zero-order valence-electron chi connectivity index (χ0n) is 21.9. The Balaban J connectivity index is 1.19. The minimum absolute atomic E-state index is 0.0115. The highest BCUT2D eigenvalue weighted by atomic mass is 16.5. The Hall–Kier alpha value is -4.14. The number of benzene rings is 2. The number of carbonyl (C=O) groups excluding carboxylic acids is 2. The number of carbonyl (C=O) groups is 2. The van der Waals surface area contributed by atoms with Crippen LogP contribution in [0.5, 0.6) is 11.5 Å². The van der Waals surface area contributed by atoms with E-state index in [0.29, 0.717) is 61.4 Å². The van der Waals surface area contributed by atoms with Crippen molar-refractivity contribution in [3.05, 3.63) is 66.2 Å². The van der Waals surface area contributed by atoms with E-state index in [9.17, 15) is 9.59 Å². The van der Waals surface area contributed by atoms with E-state index in [-0.39, 0.29) is 18.4 Å². The Labute approximate surface area is 223 Å². The van der Waals surface area contributed by atoms with Crippen LogP contribution in [0.15, 0.2) is 60.7 Å². The molecule has 9 nitrogen and oxygen atoms in total. The van der Waals surface area contributed by atoms with Crippen LogP contribution in [0.1, 0.15) is 23.2 Å². The van der Waals surface area contributed by atoms with E-state index in [2.05, 4.69) is 15.1 Å². The lowest BCUT2D eigenvalue weighted by Gasteiger charge is -2.36. The highest BCUT2D eigenvalue weighted by Gasteiger charge is 2.30. The lowest BCUT2D eigenvalue weighted by molar-refractivity contribution is -0.132. The third-order valence-corrected chi connectivity index (χ3v) is 7.10. The Bertz CT molecular complexity index is 1260. The normalized spacial score (nSPS) is 15.2. The van der Waals surface area contributed by atoms with Crippen molar-refractivity contribution < 1.29 is 19.1 Å². The number of amides is 2. The molecule has 0 spiro atoms. The van der Waals surface area contributed by atoms with Crippen molar-refractivity contribution in [1.82, 2.24) is 20.0 Å². The molecule has 1 aliphatic carbocycles. The van der Waals surface area contributed by atoms with Crippen LogP contribution in [0.2, 0.25) is 0 Å². The summed E-state index contributed by atoms with van der Waals surface area (Å²) in [5.74, 6) is 2.56. The van der Waals surface area contributed by atoms with Gasteiger partial charge in [0.1, 0.15) is 18.0 Å². The van der Waals surface area contributed by atoms with Crippen LogP contribution in [0.25, 0.3) is 11.3 Å². The molecule has 2 heterocycles. The number of methoxy groups -OCH3 is 2. The molecule has 1 saturated carbocycles. The van der Waals surface area contributed by atoms with E-state index in [4.69, 9.17) is 9.47 Å². The summed E-state index contributed by atoms with van der Waals surface area (Å²) >= 11 is 0. The summed E-state index contributed by atoms with van der Waals surface area (Å²) in [7, 11) is 3.23. The van der Waals surface area contributed by atoms with Crippen molar-refractivity contribution in [3.8, 4) is 22.8 Å². The van der Waals surface area contributed by atoms with Gasteiger partial charge in [0.05, 0.1) is 19.9 Å². The number of anilines is 1.